The zero-order valence-corrected chi connectivity index (χ0v) is 19.8. The molecule has 0 radical (unpaired) electrons. The van der Waals surface area contributed by atoms with E-state index in [1.807, 2.05) is 30.3 Å². The van der Waals surface area contributed by atoms with Crippen molar-refractivity contribution in [3.8, 4) is 11.4 Å². The fourth-order valence-electron chi connectivity index (χ4n) is 3.48. The van der Waals surface area contributed by atoms with E-state index in [1.165, 1.54) is 26.3 Å². The van der Waals surface area contributed by atoms with Crippen molar-refractivity contribution in [1.82, 2.24) is 9.78 Å². The Bertz CT molecular complexity index is 1430. The molecule has 4 aromatic rings. The second-order valence-electron chi connectivity index (χ2n) is 7.56. The third-order valence-electron chi connectivity index (χ3n) is 5.39. The summed E-state index contributed by atoms with van der Waals surface area (Å²) in [6.07, 6.45) is 1.74. The SMILES string of the molecule is COc1ccccc1N(C)S(=O)(=O)c1ccc(C)c(C(=O)Nc2ccn(-c3ccccc3)n2)c1. The van der Waals surface area contributed by atoms with E-state index < -0.39 is 15.9 Å². The number of rotatable bonds is 7. The molecule has 174 valence electrons. The molecule has 1 N–H and O–H groups in total. The van der Waals surface area contributed by atoms with Crippen molar-refractivity contribution in [3.63, 3.8) is 0 Å². The quantitative estimate of drug-likeness (QED) is 0.430. The van der Waals surface area contributed by atoms with E-state index in [2.05, 4.69) is 10.4 Å². The van der Waals surface area contributed by atoms with E-state index in [9.17, 15) is 13.2 Å². The van der Waals surface area contributed by atoms with Crippen LogP contribution in [-0.4, -0.2) is 38.3 Å². The summed E-state index contributed by atoms with van der Waals surface area (Å²) in [5.41, 5.74) is 2.12. The molecule has 0 atom stereocenters. The molecule has 0 spiro atoms. The highest BCUT2D eigenvalue weighted by Gasteiger charge is 2.25. The maximum absolute atomic E-state index is 13.3. The minimum Gasteiger partial charge on any atom is -0.495 e. The number of anilines is 2. The molecule has 0 aliphatic rings. The third kappa shape index (κ3) is 4.51. The Labute approximate surface area is 198 Å². The molecule has 0 fully saturated rings. The molecule has 0 aliphatic carbocycles. The first-order valence-corrected chi connectivity index (χ1v) is 11.9. The van der Waals surface area contributed by atoms with Crippen molar-refractivity contribution >= 4 is 27.4 Å². The minimum atomic E-state index is -3.95. The van der Waals surface area contributed by atoms with Crippen LogP contribution in [0.4, 0.5) is 11.5 Å². The van der Waals surface area contributed by atoms with E-state index in [0.29, 0.717) is 22.8 Å². The number of carbonyl (C=O) groups excluding carboxylic acids is 1. The van der Waals surface area contributed by atoms with Gasteiger partial charge in [0, 0.05) is 24.9 Å². The van der Waals surface area contributed by atoms with Gasteiger partial charge in [-0.3, -0.25) is 9.10 Å². The number of para-hydroxylation sites is 3. The lowest BCUT2D eigenvalue weighted by atomic mass is 10.1. The number of benzene rings is 3. The molecule has 3 aromatic carbocycles. The highest BCUT2D eigenvalue weighted by atomic mass is 32.2. The summed E-state index contributed by atoms with van der Waals surface area (Å²) >= 11 is 0. The molecule has 0 unspecified atom stereocenters. The van der Waals surface area contributed by atoms with Crippen molar-refractivity contribution < 1.29 is 17.9 Å². The Morgan fingerprint density at radius 2 is 1.71 bits per heavy atom. The van der Waals surface area contributed by atoms with Gasteiger partial charge in [0.15, 0.2) is 5.82 Å². The summed E-state index contributed by atoms with van der Waals surface area (Å²) in [5, 5.41) is 7.13. The Kier molecular flexibility index (Phi) is 6.38. The summed E-state index contributed by atoms with van der Waals surface area (Å²) in [7, 11) is -1.02. The molecule has 9 heteroatoms. The van der Waals surface area contributed by atoms with Gasteiger partial charge in [0.25, 0.3) is 15.9 Å². The summed E-state index contributed by atoms with van der Waals surface area (Å²) in [5.74, 6) is 0.327. The van der Waals surface area contributed by atoms with Crippen molar-refractivity contribution in [3.05, 3.63) is 96.2 Å². The van der Waals surface area contributed by atoms with E-state index in [1.54, 1.807) is 54.2 Å². The van der Waals surface area contributed by atoms with Gasteiger partial charge >= 0.3 is 0 Å². The Balaban J connectivity index is 1.61. The molecule has 0 saturated carbocycles. The van der Waals surface area contributed by atoms with Crippen LogP contribution in [0.15, 0.2) is 90.0 Å². The first-order chi connectivity index (χ1) is 16.3. The Morgan fingerprint density at radius 3 is 2.44 bits per heavy atom. The van der Waals surface area contributed by atoms with Crippen LogP contribution >= 0.6 is 0 Å². The number of hydrogen-bond acceptors (Lipinski definition) is 5. The van der Waals surface area contributed by atoms with Crippen LogP contribution in [0.5, 0.6) is 5.75 Å². The molecule has 8 nitrogen and oxygen atoms in total. The summed E-state index contributed by atoms with van der Waals surface area (Å²) in [6.45, 7) is 1.75. The van der Waals surface area contributed by atoms with Gasteiger partial charge in [-0.15, -0.1) is 0 Å². The molecular weight excluding hydrogens is 452 g/mol. The van der Waals surface area contributed by atoms with Crippen LogP contribution in [0.1, 0.15) is 15.9 Å². The number of methoxy groups -OCH3 is 1. The van der Waals surface area contributed by atoms with Gasteiger partial charge in [0.1, 0.15) is 5.75 Å². The normalized spacial score (nSPS) is 11.1. The smallest absolute Gasteiger partial charge is 0.264 e. The monoisotopic (exact) mass is 476 g/mol. The highest BCUT2D eigenvalue weighted by molar-refractivity contribution is 7.92. The summed E-state index contributed by atoms with van der Waals surface area (Å²) in [4.78, 5) is 13.0. The summed E-state index contributed by atoms with van der Waals surface area (Å²) in [6, 6.07) is 22.5. The number of hydrogen-bond donors (Lipinski definition) is 1. The minimum absolute atomic E-state index is 0.00790. The zero-order chi connectivity index (χ0) is 24.3. The first kappa shape index (κ1) is 23.1. The van der Waals surface area contributed by atoms with Crippen molar-refractivity contribution in [2.75, 3.05) is 23.8 Å². The predicted octanol–water partition coefficient (Wildman–Crippen LogP) is 4.27. The number of sulfonamides is 1. The number of aryl methyl sites for hydroxylation is 1. The van der Waals surface area contributed by atoms with Crippen LogP contribution in [0.2, 0.25) is 0 Å². The highest BCUT2D eigenvalue weighted by Crippen LogP contribution is 2.31. The van der Waals surface area contributed by atoms with Gasteiger partial charge < -0.3 is 10.1 Å². The standard InChI is InChI=1S/C25H24N4O4S/c1-18-13-14-20(34(31,32)28(2)22-11-7-8-12-23(22)33-3)17-21(18)25(30)26-24-15-16-29(27-24)19-9-5-4-6-10-19/h4-17H,1-3H3,(H,26,27,30). The average Bonchev–Trinajstić information content (AvgIpc) is 3.32. The molecule has 34 heavy (non-hydrogen) atoms. The molecule has 0 saturated heterocycles. The van der Waals surface area contributed by atoms with Gasteiger partial charge in [-0.25, -0.2) is 13.1 Å². The molecular formula is C25H24N4O4S. The lowest BCUT2D eigenvalue weighted by Gasteiger charge is -2.22. The molecule has 0 aliphatic heterocycles. The van der Waals surface area contributed by atoms with Gasteiger partial charge in [0.05, 0.1) is 23.4 Å². The van der Waals surface area contributed by atoms with Crippen molar-refractivity contribution in [2.24, 2.45) is 0 Å². The number of ether oxygens (including phenoxy) is 1. The van der Waals surface area contributed by atoms with Crippen LogP contribution in [0.3, 0.4) is 0 Å². The number of nitrogens with one attached hydrogen (secondary N) is 1. The van der Waals surface area contributed by atoms with E-state index in [-0.39, 0.29) is 10.5 Å². The van der Waals surface area contributed by atoms with Gasteiger partial charge in [0.2, 0.25) is 0 Å². The molecule has 1 heterocycles. The predicted molar refractivity (Wildman–Crippen MR) is 131 cm³/mol. The number of carbonyl (C=O) groups is 1. The Morgan fingerprint density at radius 1 is 1.00 bits per heavy atom. The van der Waals surface area contributed by atoms with Gasteiger partial charge in [-0.05, 0) is 48.9 Å². The number of nitrogens with zero attached hydrogens (tertiary/aromatic N) is 3. The maximum Gasteiger partial charge on any atom is 0.264 e. The molecule has 1 aromatic heterocycles. The van der Waals surface area contributed by atoms with E-state index in [4.69, 9.17) is 4.74 Å². The second-order valence-corrected chi connectivity index (χ2v) is 9.53. The lowest BCUT2D eigenvalue weighted by Crippen LogP contribution is -2.27. The van der Waals surface area contributed by atoms with Crippen LogP contribution in [0.25, 0.3) is 5.69 Å². The van der Waals surface area contributed by atoms with Crippen LogP contribution < -0.4 is 14.4 Å². The van der Waals surface area contributed by atoms with E-state index in [0.717, 1.165) is 9.99 Å². The fraction of sp³-hybridized carbons (Fsp3) is 0.120. The van der Waals surface area contributed by atoms with Crippen LogP contribution in [0, 0.1) is 6.92 Å². The summed E-state index contributed by atoms with van der Waals surface area (Å²) < 4.78 is 34.7. The second kappa shape index (κ2) is 9.40. The number of amides is 1. The van der Waals surface area contributed by atoms with Crippen molar-refractivity contribution in [1.29, 1.82) is 0 Å². The van der Waals surface area contributed by atoms with E-state index >= 15 is 0 Å². The lowest BCUT2D eigenvalue weighted by molar-refractivity contribution is 0.102. The maximum atomic E-state index is 13.3. The van der Waals surface area contributed by atoms with Gasteiger partial charge in [-0.1, -0.05) is 36.4 Å². The zero-order valence-electron chi connectivity index (χ0n) is 19.0. The average molecular weight is 477 g/mol. The van der Waals surface area contributed by atoms with Crippen molar-refractivity contribution in [2.45, 2.75) is 11.8 Å². The topological polar surface area (TPSA) is 93.5 Å². The molecule has 0 bridgehead atoms. The molecule has 4 rings (SSSR count). The molecule has 1 amide bonds. The first-order valence-electron chi connectivity index (χ1n) is 10.5. The third-order valence-corrected chi connectivity index (χ3v) is 7.16. The number of aromatic nitrogens is 2. The largest absolute Gasteiger partial charge is 0.495 e. The Hall–Kier alpha value is -4.11. The fourth-order valence-corrected chi connectivity index (χ4v) is 4.72. The van der Waals surface area contributed by atoms with Gasteiger partial charge in [-0.2, -0.15) is 5.10 Å². The van der Waals surface area contributed by atoms with Crippen LogP contribution in [-0.2, 0) is 10.0 Å².